The number of hydrogen-bond donors (Lipinski definition) is 0. The number of furan rings is 1. The molecular weight excluding hydrogens is 725 g/mol. The highest BCUT2D eigenvalue weighted by Crippen LogP contribution is 2.46. The smallest absolute Gasteiger partial charge is 0.143 e. The van der Waals surface area contributed by atoms with Gasteiger partial charge in [-0.25, -0.2) is 0 Å². The first-order valence-electron chi connectivity index (χ1n) is 19.7. The van der Waals surface area contributed by atoms with Gasteiger partial charge in [-0.05, 0) is 83.9 Å². The average Bonchev–Trinajstić information content (AvgIpc) is 3.97. The summed E-state index contributed by atoms with van der Waals surface area (Å²) < 4.78 is 11.4. The van der Waals surface area contributed by atoms with Crippen LogP contribution in [-0.4, -0.2) is 4.57 Å². The van der Waals surface area contributed by atoms with Crippen LogP contribution in [0.15, 0.2) is 211 Å². The molecule has 0 aliphatic heterocycles. The Morgan fingerprint density at radius 2 is 0.983 bits per heavy atom. The van der Waals surface area contributed by atoms with E-state index in [1.165, 1.54) is 53.1 Å². The van der Waals surface area contributed by atoms with Crippen molar-refractivity contribution in [1.29, 1.82) is 0 Å². The van der Waals surface area contributed by atoms with Gasteiger partial charge in [-0.2, -0.15) is 0 Å². The highest BCUT2D eigenvalue weighted by molar-refractivity contribution is 7.26. The van der Waals surface area contributed by atoms with Crippen molar-refractivity contribution in [1.82, 2.24) is 4.57 Å². The van der Waals surface area contributed by atoms with E-state index in [1.54, 1.807) is 0 Å². The molecule has 0 amide bonds. The second-order valence-electron chi connectivity index (χ2n) is 14.9. The van der Waals surface area contributed by atoms with Crippen LogP contribution in [-0.2, 0) is 0 Å². The molecule has 0 saturated heterocycles. The van der Waals surface area contributed by atoms with Gasteiger partial charge in [0.25, 0.3) is 0 Å². The van der Waals surface area contributed by atoms with Gasteiger partial charge in [0.2, 0.25) is 0 Å². The lowest BCUT2D eigenvalue weighted by Crippen LogP contribution is -2.10. The minimum Gasteiger partial charge on any atom is -0.455 e. The molecule has 12 rings (SSSR count). The van der Waals surface area contributed by atoms with Crippen molar-refractivity contribution < 1.29 is 4.42 Å². The summed E-state index contributed by atoms with van der Waals surface area (Å²) in [5, 5.41) is 7.34. The summed E-state index contributed by atoms with van der Waals surface area (Å²) in [4.78, 5) is 2.38. The summed E-state index contributed by atoms with van der Waals surface area (Å²) in [7, 11) is 0. The van der Waals surface area contributed by atoms with Gasteiger partial charge in [0.15, 0.2) is 0 Å². The van der Waals surface area contributed by atoms with E-state index in [-0.39, 0.29) is 0 Å². The molecule has 12 aromatic rings. The van der Waals surface area contributed by atoms with Gasteiger partial charge in [0.1, 0.15) is 11.2 Å². The number of hydrogen-bond acceptors (Lipinski definition) is 3. The molecule has 3 nitrogen and oxygen atoms in total. The van der Waals surface area contributed by atoms with Crippen molar-refractivity contribution >= 4 is 92.3 Å². The Morgan fingerprint density at radius 3 is 1.74 bits per heavy atom. The Kier molecular flexibility index (Phi) is 7.40. The number of anilines is 3. The maximum absolute atomic E-state index is 6.43. The molecule has 0 N–H and O–H groups in total. The second-order valence-corrected chi connectivity index (χ2v) is 15.9. The average molecular weight is 759 g/mol. The zero-order valence-corrected chi connectivity index (χ0v) is 32.2. The predicted molar refractivity (Wildman–Crippen MR) is 247 cm³/mol. The van der Waals surface area contributed by atoms with Gasteiger partial charge in [-0.15, -0.1) is 11.3 Å². The van der Waals surface area contributed by atoms with E-state index in [9.17, 15) is 0 Å². The zero-order valence-electron chi connectivity index (χ0n) is 31.3. The normalized spacial score (nSPS) is 11.8. The molecule has 0 bridgehead atoms. The molecule has 0 atom stereocenters. The number of para-hydroxylation sites is 5. The predicted octanol–water partition coefficient (Wildman–Crippen LogP) is 15.9. The van der Waals surface area contributed by atoms with E-state index in [0.717, 1.165) is 55.8 Å². The molecule has 9 aromatic carbocycles. The van der Waals surface area contributed by atoms with E-state index in [1.807, 2.05) is 23.5 Å². The number of thiophene rings is 1. The number of rotatable bonds is 6. The Labute approximate surface area is 338 Å². The van der Waals surface area contributed by atoms with Crippen LogP contribution in [0.1, 0.15) is 0 Å². The van der Waals surface area contributed by atoms with Crippen LogP contribution < -0.4 is 4.90 Å². The lowest BCUT2D eigenvalue weighted by atomic mass is 9.99. The van der Waals surface area contributed by atoms with Crippen molar-refractivity contribution in [2.75, 3.05) is 4.90 Å². The lowest BCUT2D eigenvalue weighted by Gasteiger charge is -2.26. The third-order valence-corrected chi connectivity index (χ3v) is 12.8. The van der Waals surface area contributed by atoms with Crippen LogP contribution in [0.25, 0.3) is 91.9 Å². The standard InChI is InChI=1S/C54H34N2OS/c1-2-13-37(14-3-1)55(38-29-25-35(26-30-38)41-19-12-20-46-44-17-6-10-23-51(44)57-53(41)46)40-33-47(54-48(34-40)45-18-7-11-24-52(45)58-54)36-27-31-39(32-28-36)56-49-21-8-4-15-42(49)43-16-5-9-22-50(43)56/h1-34H. The first-order valence-corrected chi connectivity index (χ1v) is 20.5. The van der Waals surface area contributed by atoms with Crippen LogP contribution in [0.5, 0.6) is 0 Å². The maximum Gasteiger partial charge on any atom is 0.143 e. The van der Waals surface area contributed by atoms with Crippen LogP contribution in [0.3, 0.4) is 0 Å². The van der Waals surface area contributed by atoms with Crippen molar-refractivity contribution in [3.63, 3.8) is 0 Å². The molecule has 0 unspecified atom stereocenters. The van der Waals surface area contributed by atoms with E-state index in [2.05, 4.69) is 204 Å². The molecular formula is C54H34N2OS. The van der Waals surface area contributed by atoms with Crippen molar-refractivity contribution in [2.45, 2.75) is 0 Å². The summed E-state index contributed by atoms with van der Waals surface area (Å²) in [5.74, 6) is 0. The van der Waals surface area contributed by atoms with Crippen molar-refractivity contribution in [2.24, 2.45) is 0 Å². The third-order valence-electron chi connectivity index (χ3n) is 11.6. The molecule has 0 spiro atoms. The largest absolute Gasteiger partial charge is 0.455 e. The summed E-state index contributed by atoms with van der Waals surface area (Å²) >= 11 is 1.87. The van der Waals surface area contributed by atoms with Gasteiger partial charge in [0, 0.05) is 75.6 Å². The van der Waals surface area contributed by atoms with Crippen molar-refractivity contribution in [3.8, 4) is 27.9 Å². The minimum absolute atomic E-state index is 0.908. The lowest BCUT2D eigenvalue weighted by molar-refractivity contribution is 0.670. The highest BCUT2D eigenvalue weighted by Gasteiger charge is 2.20. The molecule has 0 aliphatic rings. The number of fused-ring (bicyclic) bond motifs is 9. The van der Waals surface area contributed by atoms with Gasteiger partial charge in [-0.3, -0.25) is 0 Å². The SMILES string of the molecule is c1ccc(N(c2ccc(-c3cccc4c3oc3ccccc34)cc2)c2cc(-c3ccc(-n4c5ccccc5c5ccccc54)cc3)c3sc4ccccc4c3c2)cc1. The molecule has 0 aliphatic carbocycles. The number of benzene rings is 9. The zero-order chi connectivity index (χ0) is 38.2. The molecule has 58 heavy (non-hydrogen) atoms. The van der Waals surface area contributed by atoms with Crippen LogP contribution in [0.2, 0.25) is 0 Å². The van der Waals surface area contributed by atoms with Gasteiger partial charge >= 0.3 is 0 Å². The number of aromatic nitrogens is 1. The van der Waals surface area contributed by atoms with Crippen LogP contribution in [0.4, 0.5) is 17.1 Å². The Morgan fingerprint density at radius 1 is 0.397 bits per heavy atom. The van der Waals surface area contributed by atoms with Crippen LogP contribution in [0, 0.1) is 0 Å². The van der Waals surface area contributed by atoms with Gasteiger partial charge in [-0.1, -0.05) is 133 Å². The van der Waals surface area contributed by atoms with Gasteiger partial charge < -0.3 is 13.9 Å². The van der Waals surface area contributed by atoms with E-state index in [0.29, 0.717) is 0 Å². The third kappa shape index (κ3) is 5.12. The first kappa shape index (κ1) is 32.8. The maximum atomic E-state index is 6.43. The molecule has 272 valence electrons. The fourth-order valence-electron chi connectivity index (χ4n) is 8.93. The molecule has 0 saturated carbocycles. The fraction of sp³-hybridized carbons (Fsp3) is 0. The Bertz CT molecular complexity index is 3450. The topological polar surface area (TPSA) is 21.3 Å². The summed E-state index contributed by atoms with van der Waals surface area (Å²) in [5.41, 5.74) is 13.3. The molecule has 3 aromatic heterocycles. The number of nitrogens with zero attached hydrogens (tertiary/aromatic N) is 2. The van der Waals surface area contributed by atoms with E-state index >= 15 is 0 Å². The van der Waals surface area contributed by atoms with E-state index < -0.39 is 0 Å². The summed E-state index contributed by atoms with van der Waals surface area (Å²) in [6.45, 7) is 0. The summed E-state index contributed by atoms with van der Waals surface area (Å²) in [6, 6.07) is 74.4. The fourth-order valence-corrected chi connectivity index (χ4v) is 10.2. The van der Waals surface area contributed by atoms with E-state index in [4.69, 9.17) is 4.42 Å². The molecule has 4 heteroatoms. The second kappa shape index (κ2) is 13.1. The minimum atomic E-state index is 0.908. The molecule has 3 heterocycles. The monoisotopic (exact) mass is 758 g/mol. The Hall–Kier alpha value is -7.40. The van der Waals surface area contributed by atoms with Crippen molar-refractivity contribution in [3.05, 3.63) is 206 Å². The highest BCUT2D eigenvalue weighted by atomic mass is 32.1. The molecule has 0 radical (unpaired) electrons. The molecule has 0 fully saturated rings. The first-order chi connectivity index (χ1) is 28.8. The van der Waals surface area contributed by atoms with Gasteiger partial charge in [0.05, 0.1) is 11.0 Å². The quantitative estimate of drug-likeness (QED) is 0.168. The summed E-state index contributed by atoms with van der Waals surface area (Å²) in [6.07, 6.45) is 0. The van der Waals surface area contributed by atoms with Crippen LogP contribution >= 0.6 is 11.3 Å². The Balaban J connectivity index is 1.01.